The van der Waals surface area contributed by atoms with E-state index in [0.29, 0.717) is 0 Å². The fraction of sp³-hybridized carbons (Fsp3) is 0.429. The summed E-state index contributed by atoms with van der Waals surface area (Å²) in [6.45, 7) is 4.20. The van der Waals surface area contributed by atoms with Crippen LogP contribution in [0.15, 0.2) is 29.4 Å². The highest BCUT2D eigenvalue weighted by molar-refractivity contribution is 5.99. The maximum atomic E-state index is 7.07. The molecular formula is C14H22ClN5. The zero-order valence-corrected chi connectivity index (χ0v) is 12.5. The fourth-order valence-electron chi connectivity index (χ4n) is 2.27. The van der Waals surface area contributed by atoms with E-state index in [4.69, 9.17) is 11.1 Å². The summed E-state index contributed by atoms with van der Waals surface area (Å²) in [6.07, 6.45) is 3.91. The normalized spacial score (nSPS) is 15.4. The van der Waals surface area contributed by atoms with Crippen molar-refractivity contribution in [3.05, 3.63) is 29.8 Å². The Hall–Kier alpha value is -1.75. The van der Waals surface area contributed by atoms with Gasteiger partial charge in [0.15, 0.2) is 0 Å². The van der Waals surface area contributed by atoms with E-state index in [1.807, 2.05) is 6.92 Å². The lowest BCUT2D eigenvalue weighted by Gasteiger charge is -2.28. The molecule has 0 unspecified atom stereocenters. The number of hydrogen-bond donors (Lipinski definition) is 3. The first kappa shape index (κ1) is 16.3. The zero-order valence-electron chi connectivity index (χ0n) is 11.7. The van der Waals surface area contributed by atoms with Crippen LogP contribution < -0.4 is 16.1 Å². The van der Waals surface area contributed by atoms with Gasteiger partial charge in [0.1, 0.15) is 0 Å². The largest absolute Gasteiger partial charge is 0.372 e. The van der Waals surface area contributed by atoms with Crippen LogP contribution in [0.25, 0.3) is 0 Å². The standard InChI is InChI=1S/C14H21N5.ClH/c1-11(17-18-14(15)16)12-5-7-13(8-6-12)19-9-3-2-4-10-19;/h5-8H,2-4,9-10H2,1H3,(H4,15,16,18);1H. The van der Waals surface area contributed by atoms with Crippen molar-refractivity contribution in [3.8, 4) is 0 Å². The van der Waals surface area contributed by atoms with Crippen molar-refractivity contribution in [3.63, 3.8) is 0 Å². The lowest BCUT2D eigenvalue weighted by molar-refractivity contribution is 0.578. The third kappa shape index (κ3) is 4.42. The van der Waals surface area contributed by atoms with Crippen LogP contribution in [0.2, 0.25) is 0 Å². The van der Waals surface area contributed by atoms with Gasteiger partial charge in [-0.1, -0.05) is 12.1 Å². The van der Waals surface area contributed by atoms with E-state index in [9.17, 15) is 0 Å². The number of nitrogens with one attached hydrogen (secondary N) is 2. The molecule has 0 atom stereocenters. The molecule has 0 spiro atoms. The number of rotatable bonds is 3. The summed E-state index contributed by atoms with van der Waals surface area (Å²) in [7, 11) is 0. The van der Waals surface area contributed by atoms with Crippen LogP contribution in [-0.4, -0.2) is 24.8 Å². The van der Waals surface area contributed by atoms with E-state index in [-0.39, 0.29) is 18.4 Å². The minimum absolute atomic E-state index is 0. The average molecular weight is 296 g/mol. The van der Waals surface area contributed by atoms with Crippen LogP contribution in [0.3, 0.4) is 0 Å². The summed E-state index contributed by atoms with van der Waals surface area (Å²) in [6, 6.07) is 8.38. The van der Waals surface area contributed by atoms with Crippen molar-refractivity contribution >= 4 is 29.8 Å². The molecular weight excluding hydrogens is 274 g/mol. The molecule has 4 N–H and O–H groups in total. The topological polar surface area (TPSA) is 77.5 Å². The molecule has 1 aliphatic heterocycles. The molecule has 5 nitrogen and oxygen atoms in total. The van der Waals surface area contributed by atoms with E-state index in [0.717, 1.165) is 24.4 Å². The molecule has 0 bridgehead atoms. The SMILES string of the molecule is CC(=NNC(=N)N)c1ccc(N2CCCCC2)cc1.Cl. The lowest BCUT2D eigenvalue weighted by Crippen LogP contribution is -2.29. The highest BCUT2D eigenvalue weighted by Crippen LogP contribution is 2.20. The predicted molar refractivity (Wildman–Crippen MR) is 87.0 cm³/mol. The number of guanidine groups is 1. The van der Waals surface area contributed by atoms with E-state index < -0.39 is 0 Å². The zero-order chi connectivity index (χ0) is 13.7. The van der Waals surface area contributed by atoms with Crippen LogP contribution in [0, 0.1) is 5.41 Å². The smallest absolute Gasteiger partial charge is 0.206 e. The number of hydrogen-bond acceptors (Lipinski definition) is 3. The molecule has 1 aromatic carbocycles. The van der Waals surface area contributed by atoms with E-state index >= 15 is 0 Å². The van der Waals surface area contributed by atoms with Gasteiger partial charge in [-0.25, -0.2) is 5.43 Å². The molecule has 20 heavy (non-hydrogen) atoms. The summed E-state index contributed by atoms with van der Waals surface area (Å²) in [4.78, 5) is 2.42. The van der Waals surface area contributed by atoms with Crippen LogP contribution in [0.4, 0.5) is 5.69 Å². The molecule has 0 saturated carbocycles. The van der Waals surface area contributed by atoms with Gasteiger partial charge in [0.2, 0.25) is 5.96 Å². The van der Waals surface area contributed by atoms with Gasteiger partial charge >= 0.3 is 0 Å². The van der Waals surface area contributed by atoms with Crippen LogP contribution >= 0.6 is 12.4 Å². The minimum Gasteiger partial charge on any atom is -0.372 e. The summed E-state index contributed by atoms with van der Waals surface area (Å²) in [5, 5.41) is 11.1. The van der Waals surface area contributed by atoms with Crippen molar-refractivity contribution in [2.75, 3.05) is 18.0 Å². The van der Waals surface area contributed by atoms with Crippen molar-refractivity contribution in [2.24, 2.45) is 10.8 Å². The predicted octanol–water partition coefficient (Wildman–Crippen LogP) is 2.31. The number of nitrogens with two attached hydrogens (primary N) is 1. The fourth-order valence-corrected chi connectivity index (χ4v) is 2.27. The van der Waals surface area contributed by atoms with Crippen molar-refractivity contribution in [2.45, 2.75) is 26.2 Å². The summed E-state index contributed by atoms with van der Waals surface area (Å²) in [5.41, 5.74) is 10.8. The maximum Gasteiger partial charge on any atom is 0.206 e. The molecule has 6 heteroatoms. The molecule has 110 valence electrons. The van der Waals surface area contributed by atoms with Crippen molar-refractivity contribution in [1.82, 2.24) is 5.43 Å². The second kappa shape index (κ2) is 7.75. The second-order valence-electron chi connectivity index (χ2n) is 4.82. The Morgan fingerprint density at radius 3 is 2.35 bits per heavy atom. The van der Waals surface area contributed by atoms with Gasteiger partial charge in [0, 0.05) is 18.8 Å². The third-order valence-electron chi connectivity index (χ3n) is 3.35. The van der Waals surface area contributed by atoms with E-state index in [1.165, 1.54) is 24.9 Å². The number of piperidine rings is 1. The van der Waals surface area contributed by atoms with E-state index in [2.05, 4.69) is 39.7 Å². The number of benzene rings is 1. The summed E-state index contributed by atoms with van der Waals surface area (Å²) in [5.74, 6) is -0.149. The molecule has 1 fully saturated rings. The molecule has 0 aromatic heterocycles. The van der Waals surface area contributed by atoms with Gasteiger partial charge in [-0.05, 0) is 43.9 Å². The molecule has 2 rings (SSSR count). The maximum absolute atomic E-state index is 7.07. The second-order valence-corrected chi connectivity index (χ2v) is 4.82. The monoisotopic (exact) mass is 295 g/mol. The molecule has 1 saturated heterocycles. The van der Waals surface area contributed by atoms with Gasteiger partial charge in [-0.15, -0.1) is 12.4 Å². The Balaban J connectivity index is 0.00000200. The Kier molecular flexibility index (Phi) is 6.31. The third-order valence-corrected chi connectivity index (χ3v) is 3.35. The first-order valence-electron chi connectivity index (χ1n) is 6.66. The highest BCUT2D eigenvalue weighted by atomic mass is 35.5. The Bertz CT molecular complexity index is 463. The average Bonchev–Trinajstić information content (AvgIpc) is 2.46. The van der Waals surface area contributed by atoms with Gasteiger partial charge in [-0.3, -0.25) is 5.41 Å². The van der Waals surface area contributed by atoms with Crippen LogP contribution in [0.5, 0.6) is 0 Å². The van der Waals surface area contributed by atoms with Gasteiger partial charge in [0.25, 0.3) is 0 Å². The summed E-state index contributed by atoms with van der Waals surface area (Å²) >= 11 is 0. The number of anilines is 1. The molecule has 1 aliphatic rings. The van der Waals surface area contributed by atoms with Crippen LogP contribution in [0.1, 0.15) is 31.7 Å². The molecule has 0 aliphatic carbocycles. The van der Waals surface area contributed by atoms with Gasteiger partial charge < -0.3 is 10.6 Å². The van der Waals surface area contributed by atoms with Crippen LogP contribution in [-0.2, 0) is 0 Å². The van der Waals surface area contributed by atoms with Crippen molar-refractivity contribution in [1.29, 1.82) is 5.41 Å². The van der Waals surface area contributed by atoms with Crippen molar-refractivity contribution < 1.29 is 0 Å². The van der Waals surface area contributed by atoms with Gasteiger partial charge in [-0.2, -0.15) is 5.10 Å². The van der Waals surface area contributed by atoms with E-state index in [1.54, 1.807) is 0 Å². The minimum atomic E-state index is -0.149. The quantitative estimate of drug-likeness (QED) is 0.455. The number of halogens is 1. The molecule has 1 heterocycles. The molecule has 0 radical (unpaired) electrons. The summed E-state index contributed by atoms with van der Waals surface area (Å²) < 4.78 is 0. The first-order valence-corrected chi connectivity index (χ1v) is 6.66. The number of hydrazone groups is 1. The highest BCUT2D eigenvalue weighted by Gasteiger charge is 2.10. The molecule has 1 aromatic rings. The lowest BCUT2D eigenvalue weighted by atomic mass is 10.1. The Morgan fingerprint density at radius 2 is 1.80 bits per heavy atom. The molecule has 0 amide bonds. The first-order chi connectivity index (χ1) is 9.16. The Morgan fingerprint density at radius 1 is 1.20 bits per heavy atom. The Labute approximate surface area is 126 Å². The number of nitrogens with zero attached hydrogens (tertiary/aromatic N) is 2. The van der Waals surface area contributed by atoms with Gasteiger partial charge in [0.05, 0.1) is 5.71 Å².